The number of aryl methyl sites for hydroxylation is 2. The van der Waals surface area contributed by atoms with Crippen LogP contribution in [0.5, 0.6) is 0 Å². The highest BCUT2D eigenvalue weighted by Crippen LogP contribution is 2.27. The number of fused-ring (bicyclic) bond motifs is 1. The summed E-state index contributed by atoms with van der Waals surface area (Å²) in [6, 6.07) is 6.24. The number of amides is 1. The van der Waals surface area contributed by atoms with Gasteiger partial charge in [-0.15, -0.1) is 0 Å². The van der Waals surface area contributed by atoms with Gasteiger partial charge in [0.05, 0.1) is 0 Å². The third-order valence-electron chi connectivity index (χ3n) is 4.23. The predicted molar refractivity (Wildman–Crippen MR) is 76.5 cm³/mol. The number of nitrogens with one attached hydrogen (secondary N) is 1. The number of nitrogens with zero attached hydrogens (tertiary/aromatic N) is 2. The molecule has 2 heterocycles. The van der Waals surface area contributed by atoms with Crippen LogP contribution in [-0.2, 0) is 4.79 Å². The number of carbonyl (C=O) groups excluding carboxylic acids is 1. The normalized spacial score (nSPS) is 24.4. The van der Waals surface area contributed by atoms with Crippen LogP contribution >= 0.6 is 0 Å². The fourth-order valence-electron chi connectivity index (χ4n) is 3.23. The largest absolute Gasteiger partial charge is 0.313 e. The first-order chi connectivity index (χ1) is 9.18. The zero-order chi connectivity index (χ0) is 13.4. The van der Waals surface area contributed by atoms with E-state index in [9.17, 15) is 4.79 Å². The molecule has 1 N–H and O–H groups in total. The number of para-hydroxylation sites is 1. The van der Waals surface area contributed by atoms with E-state index in [0.717, 1.165) is 38.4 Å². The van der Waals surface area contributed by atoms with Crippen LogP contribution in [0.25, 0.3) is 0 Å². The zero-order valence-corrected chi connectivity index (χ0v) is 11.6. The summed E-state index contributed by atoms with van der Waals surface area (Å²) in [5.41, 5.74) is 3.48. The van der Waals surface area contributed by atoms with Crippen LogP contribution < -0.4 is 10.2 Å². The quantitative estimate of drug-likeness (QED) is 0.815. The molecule has 1 unspecified atom stereocenters. The highest BCUT2D eigenvalue weighted by molar-refractivity contribution is 5.99. The summed E-state index contributed by atoms with van der Waals surface area (Å²) < 4.78 is 0. The van der Waals surface area contributed by atoms with Crippen molar-refractivity contribution in [1.82, 2.24) is 10.2 Å². The van der Waals surface area contributed by atoms with Crippen LogP contribution in [0.4, 0.5) is 5.69 Å². The summed E-state index contributed by atoms with van der Waals surface area (Å²) in [5, 5.41) is 3.33. The Bertz CT molecular complexity index is 480. The lowest BCUT2D eigenvalue weighted by molar-refractivity contribution is -0.126. The Morgan fingerprint density at radius 1 is 1.16 bits per heavy atom. The van der Waals surface area contributed by atoms with Gasteiger partial charge in [-0.2, -0.15) is 0 Å². The molecule has 1 aromatic carbocycles. The first kappa shape index (κ1) is 12.6. The maximum absolute atomic E-state index is 12.7. The fraction of sp³-hybridized carbons (Fsp3) is 0.533. The zero-order valence-electron chi connectivity index (χ0n) is 11.6. The van der Waals surface area contributed by atoms with Crippen molar-refractivity contribution in [3.8, 4) is 0 Å². The fourth-order valence-corrected chi connectivity index (χ4v) is 3.23. The van der Waals surface area contributed by atoms with Crippen LogP contribution in [0.1, 0.15) is 11.1 Å². The Morgan fingerprint density at radius 2 is 1.89 bits per heavy atom. The van der Waals surface area contributed by atoms with Crippen LogP contribution in [0.3, 0.4) is 0 Å². The minimum absolute atomic E-state index is 0.0153. The Balaban J connectivity index is 1.92. The first-order valence-corrected chi connectivity index (χ1v) is 7.01. The molecule has 2 saturated heterocycles. The molecular weight excluding hydrogens is 238 g/mol. The van der Waals surface area contributed by atoms with E-state index in [4.69, 9.17) is 0 Å². The Morgan fingerprint density at radius 3 is 2.63 bits per heavy atom. The Hall–Kier alpha value is -1.39. The topological polar surface area (TPSA) is 35.6 Å². The lowest BCUT2D eigenvalue weighted by atomic mass is 10.0. The van der Waals surface area contributed by atoms with Crippen molar-refractivity contribution in [3.63, 3.8) is 0 Å². The molecule has 4 heteroatoms. The van der Waals surface area contributed by atoms with Crippen molar-refractivity contribution in [3.05, 3.63) is 29.3 Å². The van der Waals surface area contributed by atoms with Gasteiger partial charge in [-0.1, -0.05) is 18.2 Å². The molecule has 2 fully saturated rings. The minimum atomic E-state index is 0.0153. The number of hydrogen-bond donors (Lipinski definition) is 1. The highest BCUT2D eigenvalue weighted by atomic mass is 16.2. The van der Waals surface area contributed by atoms with E-state index in [0.29, 0.717) is 0 Å². The summed E-state index contributed by atoms with van der Waals surface area (Å²) in [6.45, 7) is 8.71. The van der Waals surface area contributed by atoms with Crippen molar-refractivity contribution in [1.29, 1.82) is 0 Å². The molecule has 1 amide bonds. The molecule has 0 spiro atoms. The summed E-state index contributed by atoms with van der Waals surface area (Å²) >= 11 is 0. The van der Waals surface area contributed by atoms with Crippen molar-refractivity contribution in [2.24, 2.45) is 0 Å². The second kappa shape index (κ2) is 4.94. The average molecular weight is 259 g/mol. The van der Waals surface area contributed by atoms with Crippen LogP contribution in [0, 0.1) is 13.8 Å². The van der Waals surface area contributed by atoms with E-state index in [1.807, 2.05) is 4.90 Å². The molecule has 0 bridgehead atoms. The second-order valence-electron chi connectivity index (χ2n) is 5.49. The summed E-state index contributed by atoms with van der Waals surface area (Å²) in [6.07, 6.45) is 0. The van der Waals surface area contributed by atoms with Gasteiger partial charge in [0.15, 0.2) is 0 Å². The molecule has 19 heavy (non-hydrogen) atoms. The molecule has 0 aliphatic carbocycles. The van der Waals surface area contributed by atoms with E-state index in [1.165, 1.54) is 11.1 Å². The van der Waals surface area contributed by atoms with E-state index < -0.39 is 0 Å². The molecule has 2 aliphatic heterocycles. The average Bonchev–Trinajstić information content (AvgIpc) is 2.41. The molecule has 0 aromatic heterocycles. The summed E-state index contributed by atoms with van der Waals surface area (Å²) in [7, 11) is 0. The van der Waals surface area contributed by atoms with E-state index in [1.54, 1.807) is 0 Å². The third kappa shape index (κ3) is 2.15. The maximum atomic E-state index is 12.7. The molecule has 3 rings (SSSR count). The number of hydrogen-bond acceptors (Lipinski definition) is 3. The molecular formula is C15H21N3O. The molecule has 4 nitrogen and oxygen atoms in total. The number of anilines is 1. The molecule has 0 radical (unpaired) electrons. The highest BCUT2D eigenvalue weighted by Gasteiger charge is 2.37. The van der Waals surface area contributed by atoms with Crippen LogP contribution in [0.2, 0.25) is 0 Å². The number of carbonyl (C=O) groups is 1. The van der Waals surface area contributed by atoms with E-state index >= 15 is 0 Å². The van der Waals surface area contributed by atoms with Gasteiger partial charge >= 0.3 is 0 Å². The molecule has 2 aliphatic rings. The molecule has 1 aromatic rings. The molecule has 0 saturated carbocycles. The van der Waals surface area contributed by atoms with Gasteiger partial charge in [0.1, 0.15) is 6.04 Å². The number of piperazine rings is 2. The van der Waals surface area contributed by atoms with Gasteiger partial charge in [0.25, 0.3) is 0 Å². The third-order valence-corrected chi connectivity index (χ3v) is 4.23. The lowest BCUT2D eigenvalue weighted by Gasteiger charge is -2.43. The lowest BCUT2D eigenvalue weighted by Crippen LogP contribution is -2.64. The van der Waals surface area contributed by atoms with Crippen LogP contribution in [-0.4, -0.2) is 49.6 Å². The molecule has 102 valence electrons. The van der Waals surface area contributed by atoms with Gasteiger partial charge in [-0.3, -0.25) is 9.69 Å². The van der Waals surface area contributed by atoms with Crippen molar-refractivity contribution >= 4 is 11.6 Å². The van der Waals surface area contributed by atoms with E-state index in [2.05, 4.69) is 42.3 Å². The molecule has 1 atom stereocenters. The van der Waals surface area contributed by atoms with Gasteiger partial charge in [-0.25, -0.2) is 0 Å². The smallest absolute Gasteiger partial charge is 0.245 e. The van der Waals surface area contributed by atoms with Crippen molar-refractivity contribution in [2.45, 2.75) is 19.9 Å². The van der Waals surface area contributed by atoms with Gasteiger partial charge in [-0.05, 0) is 25.0 Å². The van der Waals surface area contributed by atoms with Gasteiger partial charge in [0, 0.05) is 38.4 Å². The maximum Gasteiger partial charge on any atom is 0.245 e. The predicted octanol–water partition coefficient (Wildman–Crippen LogP) is 0.924. The number of rotatable bonds is 1. The Labute approximate surface area is 114 Å². The Kier molecular flexibility index (Phi) is 3.29. The van der Waals surface area contributed by atoms with Gasteiger partial charge < -0.3 is 10.2 Å². The summed E-state index contributed by atoms with van der Waals surface area (Å²) in [5.74, 6) is 0.246. The van der Waals surface area contributed by atoms with Gasteiger partial charge in [0.2, 0.25) is 5.91 Å². The first-order valence-electron chi connectivity index (χ1n) is 7.01. The van der Waals surface area contributed by atoms with Crippen molar-refractivity contribution in [2.75, 3.05) is 37.6 Å². The number of benzene rings is 1. The summed E-state index contributed by atoms with van der Waals surface area (Å²) in [4.78, 5) is 17.0. The standard InChI is InChI=1S/C15H21N3O/c1-11-4-3-5-12(2)14(11)18-9-8-17-7-6-16-10-13(17)15(18)19/h3-5,13,16H,6-10H2,1-2H3. The second-order valence-corrected chi connectivity index (χ2v) is 5.49. The van der Waals surface area contributed by atoms with E-state index in [-0.39, 0.29) is 11.9 Å². The monoisotopic (exact) mass is 259 g/mol. The minimum Gasteiger partial charge on any atom is -0.313 e. The van der Waals surface area contributed by atoms with Crippen molar-refractivity contribution < 1.29 is 4.79 Å². The van der Waals surface area contributed by atoms with Crippen LogP contribution in [0.15, 0.2) is 18.2 Å². The SMILES string of the molecule is Cc1cccc(C)c1N1CCN2CCNCC2C1=O.